The summed E-state index contributed by atoms with van der Waals surface area (Å²) in [5.74, 6) is -0.138. The molecule has 2 aromatic rings. The summed E-state index contributed by atoms with van der Waals surface area (Å²) in [6.45, 7) is 2.62. The first-order valence-corrected chi connectivity index (χ1v) is 8.64. The highest BCUT2D eigenvalue weighted by Gasteiger charge is 2.28. The number of aromatic nitrogens is 1. The summed E-state index contributed by atoms with van der Waals surface area (Å²) in [5.41, 5.74) is 1.29. The van der Waals surface area contributed by atoms with E-state index in [1.54, 1.807) is 12.3 Å². The Balaban J connectivity index is 1.69. The molecule has 1 aromatic carbocycles. The standard InChI is InChI=1S/C19H25N3O3/c1-22(2)10-12-25-17-8-11-24-13-16(17)21-19(23)15-7-3-5-14-6-4-9-20-18(14)15/h3-7,9,16-17H,8,10-13H2,1-2H3,(H,21,23)/t16-,17+/m1/s1. The van der Waals surface area contributed by atoms with Crippen molar-refractivity contribution < 1.29 is 14.3 Å². The van der Waals surface area contributed by atoms with Gasteiger partial charge in [0.1, 0.15) is 0 Å². The molecular weight excluding hydrogens is 318 g/mol. The molecule has 1 N–H and O–H groups in total. The Morgan fingerprint density at radius 1 is 1.36 bits per heavy atom. The molecule has 1 aliphatic heterocycles. The fourth-order valence-corrected chi connectivity index (χ4v) is 2.97. The zero-order chi connectivity index (χ0) is 17.6. The number of rotatable bonds is 6. The van der Waals surface area contributed by atoms with Gasteiger partial charge in [-0.15, -0.1) is 0 Å². The molecule has 1 fully saturated rings. The molecule has 0 saturated carbocycles. The SMILES string of the molecule is CN(C)CCO[C@H]1CCOC[C@H]1NC(=O)c1cccc2cccnc12. The van der Waals surface area contributed by atoms with E-state index >= 15 is 0 Å². The summed E-state index contributed by atoms with van der Waals surface area (Å²) in [6.07, 6.45) is 2.46. The molecule has 0 bridgehead atoms. The van der Waals surface area contributed by atoms with Crippen molar-refractivity contribution in [3.8, 4) is 0 Å². The minimum atomic E-state index is -0.151. The molecule has 25 heavy (non-hydrogen) atoms. The maximum absolute atomic E-state index is 12.8. The van der Waals surface area contributed by atoms with E-state index in [1.807, 2.05) is 38.4 Å². The van der Waals surface area contributed by atoms with Crippen LogP contribution in [-0.4, -0.2) is 68.4 Å². The number of carbonyl (C=O) groups is 1. The Hall–Kier alpha value is -2.02. The molecule has 6 nitrogen and oxygen atoms in total. The van der Waals surface area contributed by atoms with Crippen LogP contribution in [-0.2, 0) is 9.47 Å². The van der Waals surface area contributed by atoms with Crippen LogP contribution in [0.3, 0.4) is 0 Å². The third-order valence-electron chi connectivity index (χ3n) is 4.36. The summed E-state index contributed by atoms with van der Waals surface area (Å²) < 4.78 is 11.5. The number of pyridine rings is 1. The van der Waals surface area contributed by atoms with Gasteiger partial charge >= 0.3 is 0 Å². The second-order valence-electron chi connectivity index (χ2n) is 6.54. The third kappa shape index (κ3) is 4.54. The maximum Gasteiger partial charge on any atom is 0.253 e. The predicted octanol–water partition coefficient (Wildman–Crippen LogP) is 1.70. The molecule has 1 aliphatic rings. The Morgan fingerprint density at radius 2 is 2.20 bits per heavy atom. The molecule has 6 heteroatoms. The van der Waals surface area contributed by atoms with E-state index in [2.05, 4.69) is 15.2 Å². The quantitative estimate of drug-likeness (QED) is 0.865. The van der Waals surface area contributed by atoms with Crippen molar-refractivity contribution in [1.82, 2.24) is 15.2 Å². The third-order valence-corrected chi connectivity index (χ3v) is 4.36. The second-order valence-corrected chi connectivity index (χ2v) is 6.54. The Kier molecular flexibility index (Phi) is 5.96. The van der Waals surface area contributed by atoms with Crippen molar-refractivity contribution in [2.45, 2.75) is 18.6 Å². The molecule has 0 radical (unpaired) electrons. The summed E-state index contributed by atoms with van der Waals surface area (Å²) >= 11 is 0. The van der Waals surface area contributed by atoms with Crippen LogP contribution < -0.4 is 5.32 Å². The van der Waals surface area contributed by atoms with E-state index in [0.717, 1.165) is 18.4 Å². The average Bonchev–Trinajstić information content (AvgIpc) is 2.62. The monoisotopic (exact) mass is 343 g/mol. The van der Waals surface area contributed by atoms with Gasteiger partial charge in [0, 0.05) is 24.7 Å². The lowest BCUT2D eigenvalue weighted by Gasteiger charge is -2.32. The van der Waals surface area contributed by atoms with Gasteiger partial charge in [-0.25, -0.2) is 0 Å². The minimum absolute atomic E-state index is 0.0272. The van der Waals surface area contributed by atoms with Gasteiger partial charge in [0.25, 0.3) is 5.91 Å². The molecule has 1 saturated heterocycles. The van der Waals surface area contributed by atoms with Crippen LogP contribution in [0.1, 0.15) is 16.8 Å². The number of nitrogens with zero attached hydrogens (tertiary/aromatic N) is 2. The normalized spacial score (nSPS) is 20.8. The number of nitrogens with one attached hydrogen (secondary N) is 1. The minimum Gasteiger partial charge on any atom is -0.379 e. The van der Waals surface area contributed by atoms with Gasteiger partial charge in [0.15, 0.2) is 0 Å². The van der Waals surface area contributed by atoms with Gasteiger partial charge in [-0.1, -0.05) is 18.2 Å². The molecule has 134 valence electrons. The largest absolute Gasteiger partial charge is 0.379 e. The summed E-state index contributed by atoms with van der Waals surface area (Å²) in [6, 6.07) is 9.31. The van der Waals surface area contributed by atoms with E-state index in [9.17, 15) is 4.79 Å². The molecule has 1 aromatic heterocycles. The number of carbonyl (C=O) groups excluding carboxylic acids is 1. The number of ether oxygens (including phenoxy) is 2. The van der Waals surface area contributed by atoms with Crippen LogP contribution in [0.4, 0.5) is 0 Å². The molecule has 0 aliphatic carbocycles. The Bertz CT molecular complexity index is 715. The summed E-state index contributed by atoms with van der Waals surface area (Å²) in [5, 5.41) is 4.03. The number of amides is 1. The fourth-order valence-electron chi connectivity index (χ4n) is 2.97. The van der Waals surface area contributed by atoms with Crippen molar-refractivity contribution in [3.63, 3.8) is 0 Å². The molecule has 0 spiro atoms. The second kappa shape index (κ2) is 8.38. The van der Waals surface area contributed by atoms with Crippen molar-refractivity contribution in [1.29, 1.82) is 0 Å². The zero-order valence-corrected chi connectivity index (χ0v) is 14.8. The molecular formula is C19H25N3O3. The predicted molar refractivity (Wildman–Crippen MR) is 96.7 cm³/mol. The van der Waals surface area contributed by atoms with Crippen LogP contribution in [0.2, 0.25) is 0 Å². The van der Waals surface area contributed by atoms with Crippen molar-refractivity contribution in [3.05, 3.63) is 42.1 Å². The lowest BCUT2D eigenvalue weighted by molar-refractivity contribution is -0.0561. The van der Waals surface area contributed by atoms with E-state index in [4.69, 9.17) is 9.47 Å². The van der Waals surface area contributed by atoms with E-state index in [1.165, 1.54) is 0 Å². The van der Waals surface area contributed by atoms with Crippen LogP contribution in [0.15, 0.2) is 36.5 Å². The first-order chi connectivity index (χ1) is 12.1. The lowest BCUT2D eigenvalue weighted by atomic mass is 10.0. The molecule has 2 heterocycles. The van der Waals surface area contributed by atoms with Gasteiger partial charge in [-0.3, -0.25) is 9.78 Å². The number of likely N-dealkylation sites (N-methyl/N-ethyl adjacent to an activating group) is 1. The van der Waals surface area contributed by atoms with Gasteiger partial charge < -0.3 is 19.7 Å². The first-order valence-electron chi connectivity index (χ1n) is 8.64. The average molecular weight is 343 g/mol. The maximum atomic E-state index is 12.8. The van der Waals surface area contributed by atoms with E-state index in [0.29, 0.717) is 30.9 Å². The van der Waals surface area contributed by atoms with E-state index < -0.39 is 0 Å². The van der Waals surface area contributed by atoms with Gasteiger partial charge in [-0.05, 0) is 32.6 Å². The smallest absolute Gasteiger partial charge is 0.253 e. The fraction of sp³-hybridized carbons (Fsp3) is 0.474. The topological polar surface area (TPSA) is 63.7 Å². The number of para-hydroxylation sites is 1. The first kappa shape index (κ1) is 17.8. The van der Waals surface area contributed by atoms with Crippen LogP contribution >= 0.6 is 0 Å². The van der Waals surface area contributed by atoms with Crippen LogP contribution in [0, 0.1) is 0 Å². The van der Waals surface area contributed by atoms with Crippen molar-refractivity contribution in [2.24, 2.45) is 0 Å². The van der Waals surface area contributed by atoms with Gasteiger partial charge in [0.05, 0.1) is 36.4 Å². The molecule has 2 atom stereocenters. The van der Waals surface area contributed by atoms with Crippen molar-refractivity contribution in [2.75, 3.05) is 40.5 Å². The van der Waals surface area contributed by atoms with Gasteiger partial charge in [0.2, 0.25) is 0 Å². The lowest BCUT2D eigenvalue weighted by Crippen LogP contribution is -2.51. The number of hydrogen-bond donors (Lipinski definition) is 1. The Morgan fingerprint density at radius 3 is 3.04 bits per heavy atom. The molecule has 3 rings (SSSR count). The highest BCUT2D eigenvalue weighted by Crippen LogP contribution is 2.17. The van der Waals surface area contributed by atoms with E-state index in [-0.39, 0.29) is 18.1 Å². The van der Waals surface area contributed by atoms with Gasteiger partial charge in [-0.2, -0.15) is 0 Å². The van der Waals surface area contributed by atoms with Crippen LogP contribution in [0.25, 0.3) is 10.9 Å². The molecule has 1 amide bonds. The zero-order valence-electron chi connectivity index (χ0n) is 14.8. The van der Waals surface area contributed by atoms with Crippen LogP contribution in [0.5, 0.6) is 0 Å². The summed E-state index contributed by atoms with van der Waals surface area (Å²) in [7, 11) is 4.03. The summed E-state index contributed by atoms with van der Waals surface area (Å²) in [4.78, 5) is 19.2. The number of fused-ring (bicyclic) bond motifs is 1. The highest BCUT2D eigenvalue weighted by molar-refractivity contribution is 6.05. The molecule has 0 unspecified atom stereocenters. The van der Waals surface area contributed by atoms with Crippen molar-refractivity contribution >= 4 is 16.8 Å². The number of hydrogen-bond acceptors (Lipinski definition) is 5. The Labute approximate surface area is 148 Å². The highest BCUT2D eigenvalue weighted by atomic mass is 16.5. The number of benzene rings is 1.